The van der Waals surface area contributed by atoms with Gasteiger partial charge in [0.15, 0.2) is 5.13 Å². The Labute approximate surface area is 202 Å². The van der Waals surface area contributed by atoms with E-state index in [1.807, 2.05) is 18.2 Å². The third-order valence-corrected chi connectivity index (χ3v) is 7.61. The summed E-state index contributed by atoms with van der Waals surface area (Å²) in [5, 5.41) is 12.8. The predicted octanol–water partition coefficient (Wildman–Crippen LogP) is 4.97. The Morgan fingerprint density at radius 1 is 1.24 bits per heavy atom. The second-order valence-corrected chi connectivity index (χ2v) is 11.5. The van der Waals surface area contributed by atoms with E-state index in [1.54, 1.807) is 11.3 Å². The summed E-state index contributed by atoms with van der Waals surface area (Å²) < 4.78 is 31.3. The third-order valence-electron chi connectivity index (χ3n) is 6.45. The lowest BCUT2D eigenvalue weighted by Gasteiger charge is -2.48. The quantitative estimate of drug-likeness (QED) is 0.547. The van der Waals surface area contributed by atoms with E-state index in [1.165, 1.54) is 6.20 Å². The molecule has 1 fully saturated rings. The summed E-state index contributed by atoms with van der Waals surface area (Å²) in [5.41, 5.74) is 3.61. The van der Waals surface area contributed by atoms with Crippen molar-refractivity contribution in [1.82, 2.24) is 25.3 Å². The van der Waals surface area contributed by atoms with Gasteiger partial charge in [-0.15, -0.1) is 0 Å². The number of hydrogen-bond acceptors (Lipinski definition) is 7. The zero-order valence-corrected chi connectivity index (χ0v) is 20.9. The molecule has 0 saturated carbocycles. The molecule has 34 heavy (non-hydrogen) atoms. The molecular weight excluding hydrogens is 458 g/mol. The van der Waals surface area contributed by atoms with Gasteiger partial charge in [0.05, 0.1) is 6.20 Å². The Kier molecular flexibility index (Phi) is 5.63. The number of aromatic nitrogens is 4. The minimum Gasteiger partial charge on any atom is -0.472 e. The molecule has 0 radical (unpaired) electrons. The molecule has 2 aromatic heterocycles. The fourth-order valence-electron chi connectivity index (χ4n) is 5.29. The molecule has 10 heteroatoms. The molecule has 182 valence electrons. The summed E-state index contributed by atoms with van der Waals surface area (Å²) in [6, 6.07) is 6.36. The van der Waals surface area contributed by atoms with Crippen molar-refractivity contribution in [3.63, 3.8) is 0 Å². The Morgan fingerprint density at radius 3 is 2.68 bits per heavy atom. The van der Waals surface area contributed by atoms with Crippen molar-refractivity contribution < 1.29 is 13.5 Å². The lowest BCUT2D eigenvalue weighted by molar-refractivity contribution is 0.116. The molecule has 2 aliphatic heterocycles. The van der Waals surface area contributed by atoms with Crippen LogP contribution < -0.4 is 15.0 Å². The van der Waals surface area contributed by atoms with Gasteiger partial charge in [-0.25, -0.2) is 8.78 Å². The summed E-state index contributed by atoms with van der Waals surface area (Å²) >= 11 is 1.65. The number of benzene rings is 1. The van der Waals surface area contributed by atoms with Crippen LogP contribution in [0.1, 0.15) is 46.1 Å². The van der Waals surface area contributed by atoms with Crippen LogP contribution in [0.5, 0.6) is 5.88 Å². The van der Waals surface area contributed by atoms with Gasteiger partial charge in [0.25, 0.3) is 6.43 Å². The van der Waals surface area contributed by atoms with E-state index in [0.717, 1.165) is 44.3 Å². The highest BCUT2D eigenvalue weighted by Crippen LogP contribution is 2.46. The number of piperidine rings is 1. The lowest BCUT2D eigenvalue weighted by atomic mass is 9.79. The molecule has 2 aliphatic rings. The maximum absolute atomic E-state index is 12.6. The second-order valence-electron chi connectivity index (χ2n) is 10.5. The molecule has 0 unspecified atom stereocenters. The van der Waals surface area contributed by atoms with E-state index >= 15 is 0 Å². The standard InChI is InChI=1S/C24H30F2N6OS/c1-23(2)9-16(10-24(3,4)30-23)31(5)22-28-21-20(34-22)17-7-6-14(8-15(17)13-33-21)18-11-27-32(29-18)12-19(25)26/h6-8,11,16,19,30H,9-10,12-13H2,1-5H3. The normalized spacial score (nSPS) is 18.9. The van der Waals surface area contributed by atoms with Crippen LogP contribution in [0.25, 0.3) is 21.7 Å². The zero-order chi connectivity index (χ0) is 24.3. The van der Waals surface area contributed by atoms with Gasteiger partial charge in [-0.2, -0.15) is 20.0 Å². The van der Waals surface area contributed by atoms with E-state index in [9.17, 15) is 8.78 Å². The van der Waals surface area contributed by atoms with Crippen LogP contribution in [-0.4, -0.2) is 50.6 Å². The van der Waals surface area contributed by atoms with Crippen LogP contribution in [0.15, 0.2) is 24.4 Å². The van der Waals surface area contributed by atoms with Crippen molar-refractivity contribution in [2.24, 2.45) is 0 Å². The molecule has 0 aliphatic carbocycles. The van der Waals surface area contributed by atoms with Gasteiger partial charge in [0.2, 0.25) is 5.88 Å². The number of halogens is 2. The first-order valence-electron chi connectivity index (χ1n) is 11.5. The molecule has 4 heterocycles. The van der Waals surface area contributed by atoms with Crippen LogP contribution in [0.2, 0.25) is 0 Å². The van der Waals surface area contributed by atoms with Crippen molar-refractivity contribution in [2.45, 2.75) is 77.2 Å². The summed E-state index contributed by atoms with van der Waals surface area (Å²) in [6.07, 6.45) is 1.09. The van der Waals surface area contributed by atoms with E-state index in [0.29, 0.717) is 24.2 Å². The number of fused-ring (bicyclic) bond motifs is 3. The summed E-state index contributed by atoms with van der Waals surface area (Å²) in [4.78, 5) is 9.18. The number of hydrogen-bond donors (Lipinski definition) is 1. The average molecular weight is 489 g/mol. The van der Waals surface area contributed by atoms with Gasteiger partial charge in [-0.05, 0) is 52.2 Å². The Balaban J connectivity index is 1.40. The molecule has 0 amide bonds. The first-order valence-corrected chi connectivity index (χ1v) is 12.3. The molecule has 0 bridgehead atoms. The Bertz CT molecular complexity index is 1190. The van der Waals surface area contributed by atoms with Crippen molar-refractivity contribution in [2.75, 3.05) is 11.9 Å². The SMILES string of the molecule is CN(c1nc2c(s1)-c1ccc(-c3cnn(CC(F)F)n3)cc1CO2)C1CC(C)(C)NC(C)(C)C1. The maximum Gasteiger partial charge on any atom is 0.259 e. The van der Waals surface area contributed by atoms with Crippen LogP contribution in [0, 0.1) is 0 Å². The second kappa shape index (κ2) is 8.27. The highest BCUT2D eigenvalue weighted by molar-refractivity contribution is 7.19. The van der Waals surface area contributed by atoms with Gasteiger partial charge in [-0.3, -0.25) is 0 Å². The Morgan fingerprint density at radius 2 is 1.97 bits per heavy atom. The van der Waals surface area contributed by atoms with Crippen LogP contribution in [0.4, 0.5) is 13.9 Å². The van der Waals surface area contributed by atoms with Crippen LogP contribution >= 0.6 is 11.3 Å². The third kappa shape index (κ3) is 4.53. The minimum atomic E-state index is -2.49. The molecule has 1 N–H and O–H groups in total. The number of ether oxygens (including phenoxy) is 1. The number of anilines is 1. The number of thiazole rings is 1. The van der Waals surface area contributed by atoms with Crippen molar-refractivity contribution in [1.29, 1.82) is 0 Å². The van der Waals surface area contributed by atoms with Crippen LogP contribution in [0.3, 0.4) is 0 Å². The topological polar surface area (TPSA) is 68.1 Å². The molecule has 0 spiro atoms. The largest absolute Gasteiger partial charge is 0.472 e. The molecule has 0 atom stereocenters. The fraction of sp³-hybridized carbons (Fsp3) is 0.542. The monoisotopic (exact) mass is 488 g/mol. The summed E-state index contributed by atoms with van der Waals surface area (Å²) in [7, 11) is 2.12. The molecule has 7 nitrogen and oxygen atoms in total. The van der Waals surface area contributed by atoms with Crippen molar-refractivity contribution >= 4 is 16.5 Å². The molecule has 5 rings (SSSR count). The summed E-state index contributed by atoms with van der Waals surface area (Å²) in [6.45, 7) is 8.91. The number of rotatable bonds is 5. The smallest absolute Gasteiger partial charge is 0.259 e. The van der Waals surface area contributed by atoms with E-state index in [4.69, 9.17) is 9.72 Å². The molecule has 3 aromatic rings. The van der Waals surface area contributed by atoms with Crippen molar-refractivity contribution in [3.8, 4) is 27.6 Å². The average Bonchev–Trinajstić information content (AvgIpc) is 3.37. The lowest BCUT2D eigenvalue weighted by Crippen LogP contribution is -2.61. The van der Waals surface area contributed by atoms with Gasteiger partial charge in [0.1, 0.15) is 23.7 Å². The van der Waals surface area contributed by atoms with Crippen LogP contribution in [-0.2, 0) is 13.2 Å². The molecule has 1 aromatic carbocycles. The van der Waals surface area contributed by atoms with E-state index in [-0.39, 0.29) is 11.1 Å². The molecular formula is C24H30F2N6OS. The fourth-order valence-corrected chi connectivity index (χ4v) is 6.40. The van der Waals surface area contributed by atoms with Crippen molar-refractivity contribution in [3.05, 3.63) is 30.0 Å². The van der Waals surface area contributed by atoms with E-state index in [2.05, 4.69) is 55.2 Å². The number of nitrogens with one attached hydrogen (secondary N) is 1. The first kappa shape index (κ1) is 23.2. The number of alkyl halides is 2. The van der Waals surface area contributed by atoms with Gasteiger partial charge in [-0.1, -0.05) is 23.5 Å². The van der Waals surface area contributed by atoms with Gasteiger partial charge < -0.3 is 15.0 Å². The molecule has 1 saturated heterocycles. The highest BCUT2D eigenvalue weighted by atomic mass is 32.1. The van der Waals surface area contributed by atoms with Gasteiger partial charge in [0, 0.05) is 35.3 Å². The Hall–Kier alpha value is -2.59. The number of nitrogens with zero attached hydrogens (tertiary/aromatic N) is 5. The zero-order valence-electron chi connectivity index (χ0n) is 20.1. The summed E-state index contributed by atoms with van der Waals surface area (Å²) in [5.74, 6) is 0.669. The van der Waals surface area contributed by atoms with Gasteiger partial charge >= 0.3 is 0 Å². The predicted molar refractivity (Wildman–Crippen MR) is 130 cm³/mol. The minimum absolute atomic E-state index is 0.0498. The first-order chi connectivity index (χ1) is 16.0. The van der Waals surface area contributed by atoms with E-state index < -0.39 is 13.0 Å². The highest BCUT2D eigenvalue weighted by Gasteiger charge is 2.40. The maximum atomic E-state index is 12.6.